The Morgan fingerprint density at radius 1 is 1.36 bits per heavy atom. The molecule has 0 aliphatic carbocycles. The molecule has 0 unspecified atom stereocenters. The number of hydrogen-bond acceptors (Lipinski definition) is 6. The summed E-state index contributed by atoms with van der Waals surface area (Å²) in [5, 5.41) is 0. The summed E-state index contributed by atoms with van der Waals surface area (Å²) in [6, 6.07) is 5.87. The summed E-state index contributed by atoms with van der Waals surface area (Å²) in [6.45, 7) is 1.76. The number of carbonyl (C=O) groups excluding carboxylic acids is 2. The molecule has 1 atom stereocenters. The number of amides is 2. The minimum atomic E-state index is -0.149. The van der Waals surface area contributed by atoms with Crippen molar-refractivity contribution in [2.45, 2.75) is 19.4 Å². The molecule has 2 amide bonds. The average molecular weight is 362 g/mol. The molecule has 1 saturated heterocycles. The molecule has 0 bridgehead atoms. The predicted octanol–water partition coefficient (Wildman–Crippen LogP) is 1.53. The largest absolute Gasteiger partial charge is 0.375 e. The molecule has 1 aromatic heterocycles. The van der Waals surface area contributed by atoms with Crippen LogP contribution in [0.2, 0.25) is 0 Å². The van der Waals surface area contributed by atoms with E-state index in [-0.39, 0.29) is 24.3 Å². The fourth-order valence-electron chi connectivity index (χ4n) is 3.21. The van der Waals surface area contributed by atoms with Crippen LogP contribution in [0.1, 0.15) is 18.4 Å². The molecule has 134 valence electrons. The Morgan fingerprint density at radius 3 is 2.96 bits per heavy atom. The molecule has 3 rings (SSSR count). The van der Waals surface area contributed by atoms with E-state index in [0.717, 1.165) is 29.4 Å². The van der Waals surface area contributed by atoms with Crippen LogP contribution in [0.5, 0.6) is 0 Å². The molecule has 1 aromatic carbocycles. The van der Waals surface area contributed by atoms with Crippen LogP contribution in [0.3, 0.4) is 0 Å². The second-order valence-corrected chi connectivity index (χ2v) is 6.92. The van der Waals surface area contributed by atoms with Gasteiger partial charge in [-0.3, -0.25) is 9.59 Å². The second-order valence-electron chi connectivity index (χ2n) is 6.39. The molecule has 1 aliphatic rings. The Hall–Kier alpha value is -2.06. The number of carbonyl (C=O) groups is 2. The van der Waals surface area contributed by atoms with Crippen LogP contribution in [-0.2, 0) is 20.9 Å². The first kappa shape index (κ1) is 17.8. The van der Waals surface area contributed by atoms with Crippen LogP contribution >= 0.6 is 11.7 Å². The molecule has 2 heterocycles. The van der Waals surface area contributed by atoms with E-state index in [9.17, 15) is 9.59 Å². The summed E-state index contributed by atoms with van der Waals surface area (Å²) < 4.78 is 13.3. The van der Waals surface area contributed by atoms with E-state index in [4.69, 9.17) is 4.74 Å². The van der Waals surface area contributed by atoms with E-state index >= 15 is 0 Å². The highest BCUT2D eigenvalue weighted by atomic mass is 32.1. The van der Waals surface area contributed by atoms with Gasteiger partial charge in [0.2, 0.25) is 11.8 Å². The molecule has 0 radical (unpaired) electrons. The fourth-order valence-corrected chi connectivity index (χ4v) is 3.73. The van der Waals surface area contributed by atoms with Gasteiger partial charge in [-0.05, 0) is 30.5 Å². The molecule has 2 aromatic rings. The van der Waals surface area contributed by atoms with Gasteiger partial charge in [0.15, 0.2) is 0 Å². The molecule has 25 heavy (non-hydrogen) atoms. The Labute approximate surface area is 150 Å². The van der Waals surface area contributed by atoms with Crippen molar-refractivity contribution in [3.05, 3.63) is 23.8 Å². The monoisotopic (exact) mass is 362 g/mol. The van der Waals surface area contributed by atoms with Gasteiger partial charge in [-0.25, -0.2) is 0 Å². The van der Waals surface area contributed by atoms with Crippen LogP contribution in [0.15, 0.2) is 18.2 Å². The average Bonchev–Trinajstić information content (AvgIpc) is 3.09. The maximum atomic E-state index is 12.8. The Kier molecular flexibility index (Phi) is 5.60. The lowest BCUT2D eigenvalue weighted by Crippen LogP contribution is -2.46. The Bertz CT molecular complexity index is 763. The number of benzene rings is 1. The maximum absolute atomic E-state index is 12.8. The van der Waals surface area contributed by atoms with Crippen LogP contribution in [0.4, 0.5) is 0 Å². The molecule has 0 N–H and O–H groups in total. The molecular formula is C17H22N4O3S. The van der Waals surface area contributed by atoms with Gasteiger partial charge in [-0.1, -0.05) is 6.07 Å². The number of ether oxygens (including phenoxy) is 1. The zero-order valence-corrected chi connectivity index (χ0v) is 15.3. The van der Waals surface area contributed by atoms with E-state index in [1.807, 2.05) is 25.2 Å². The molecule has 1 aliphatic heterocycles. The van der Waals surface area contributed by atoms with Crippen LogP contribution in [0.25, 0.3) is 11.0 Å². The minimum Gasteiger partial charge on any atom is -0.375 e. The highest BCUT2D eigenvalue weighted by molar-refractivity contribution is 7.00. The number of piperidine rings is 1. The lowest BCUT2D eigenvalue weighted by molar-refractivity contribution is -0.142. The smallest absolute Gasteiger partial charge is 0.248 e. The van der Waals surface area contributed by atoms with Crippen LogP contribution in [0, 0.1) is 5.92 Å². The van der Waals surface area contributed by atoms with Crippen LogP contribution in [-0.4, -0.2) is 64.2 Å². The number of fused-ring (bicyclic) bond motifs is 1. The normalized spacial score (nSPS) is 17.7. The third-order valence-corrected chi connectivity index (χ3v) is 5.06. The number of rotatable bonds is 5. The zero-order valence-electron chi connectivity index (χ0n) is 14.5. The van der Waals surface area contributed by atoms with Gasteiger partial charge in [0.25, 0.3) is 0 Å². The van der Waals surface area contributed by atoms with Gasteiger partial charge in [0.1, 0.15) is 17.6 Å². The highest BCUT2D eigenvalue weighted by Crippen LogP contribution is 2.20. The zero-order chi connectivity index (χ0) is 17.8. The van der Waals surface area contributed by atoms with Gasteiger partial charge in [-0.2, -0.15) is 8.75 Å². The first-order chi connectivity index (χ1) is 12.1. The molecule has 8 heteroatoms. The summed E-state index contributed by atoms with van der Waals surface area (Å²) in [6.07, 6.45) is 1.66. The van der Waals surface area contributed by atoms with E-state index in [2.05, 4.69) is 8.75 Å². The minimum absolute atomic E-state index is 0.0517. The van der Waals surface area contributed by atoms with Gasteiger partial charge in [0.05, 0.1) is 17.6 Å². The van der Waals surface area contributed by atoms with Crippen molar-refractivity contribution in [2.24, 2.45) is 5.92 Å². The lowest BCUT2D eigenvalue weighted by Gasteiger charge is -2.34. The summed E-state index contributed by atoms with van der Waals surface area (Å²) in [5.74, 6) is -0.125. The van der Waals surface area contributed by atoms with E-state index in [1.165, 1.54) is 18.8 Å². The summed E-state index contributed by atoms with van der Waals surface area (Å²) in [4.78, 5) is 28.2. The summed E-state index contributed by atoms with van der Waals surface area (Å²) >= 11 is 1.19. The first-order valence-electron chi connectivity index (χ1n) is 8.31. The summed E-state index contributed by atoms with van der Waals surface area (Å²) in [5.41, 5.74) is 2.76. The first-order valence-corrected chi connectivity index (χ1v) is 9.04. The van der Waals surface area contributed by atoms with Gasteiger partial charge in [-0.15, -0.1) is 0 Å². The summed E-state index contributed by atoms with van der Waals surface area (Å²) in [7, 11) is 3.31. The van der Waals surface area contributed by atoms with Gasteiger partial charge in [0, 0.05) is 33.8 Å². The standard InChI is InChI=1S/C17H22N4O3S/c1-20(9-12-5-6-14-15(8-12)19-25-18-14)17(23)13-4-3-7-21(10-13)16(22)11-24-2/h5-6,8,13H,3-4,7,9-11H2,1-2H3/t13-/m1/s1. The molecule has 0 spiro atoms. The van der Waals surface area contributed by atoms with Crippen LogP contribution < -0.4 is 0 Å². The number of aromatic nitrogens is 2. The molecule has 1 fully saturated rings. The third kappa shape index (κ3) is 4.13. The van der Waals surface area contributed by atoms with Crippen molar-refractivity contribution >= 4 is 34.6 Å². The fraction of sp³-hybridized carbons (Fsp3) is 0.529. The van der Waals surface area contributed by atoms with Crippen molar-refractivity contribution in [1.82, 2.24) is 18.5 Å². The Balaban J connectivity index is 1.62. The maximum Gasteiger partial charge on any atom is 0.248 e. The lowest BCUT2D eigenvalue weighted by atomic mass is 9.96. The van der Waals surface area contributed by atoms with Gasteiger partial charge >= 0.3 is 0 Å². The van der Waals surface area contributed by atoms with E-state index in [0.29, 0.717) is 19.6 Å². The SMILES string of the molecule is COCC(=O)N1CCC[C@@H](C(=O)N(C)Cc2ccc3nsnc3c2)C1. The van der Waals surface area contributed by atoms with E-state index in [1.54, 1.807) is 9.80 Å². The number of likely N-dealkylation sites (tertiary alicyclic amines) is 1. The predicted molar refractivity (Wildman–Crippen MR) is 95.1 cm³/mol. The van der Waals surface area contributed by atoms with Crippen molar-refractivity contribution < 1.29 is 14.3 Å². The topological polar surface area (TPSA) is 75.6 Å². The van der Waals surface area contributed by atoms with Crippen molar-refractivity contribution in [2.75, 3.05) is 33.9 Å². The number of nitrogens with zero attached hydrogens (tertiary/aromatic N) is 4. The van der Waals surface area contributed by atoms with E-state index < -0.39 is 0 Å². The molecule has 0 saturated carbocycles. The van der Waals surface area contributed by atoms with Crippen molar-refractivity contribution in [3.63, 3.8) is 0 Å². The molecule has 7 nitrogen and oxygen atoms in total. The third-order valence-electron chi connectivity index (χ3n) is 4.51. The number of methoxy groups -OCH3 is 1. The number of hydrogen-bond donors (Lipinski definition) is 0. The quantitative estimate of drug-likeness (QED) is 0.806. The molecular weight excluding hydrogens is 340 g/mol. The van der Waals surface area contributed by atoms with Crippen molar-refractivity contribution in [1.29, 1.82) is 0 Å². The Morgan fingerprint density at radius 2 is 2.16 bits per heavy atom. The second kappa shape index (κ2) is 7.88. The highest BCUT2D eigenvalue weighted by Gasteiger charge is 2.30. The van der Waals surface area contributed by atoms with Crippen molar-refractivity contribution in [3.8, 4) is 0 Å². The van der Waals surface area contributed by atoms with Gasteiger partial charge < -0.3 is 14.5 Å².